The van der Waals surface area contributed by atoms with Gasteiger partial charge in [-0.1, -0.05) is 23.7 Å². The molecule has 10 heteroatoms. The maximum absolute atomic E-state index is 13.2. The monoisotopic (exact) mass is 450 g/mol. The van der Waals surface area contributed by atoms with Gasteiger partial charge in [0, 0.05) is 16.4 Å². The van der Waals surface area contributed by atoms with Gasteiger partial charge in [-0.2, -0.15) is 25.2 Å². The van der Waals surface area contributed by atoms with Gasteiger partial charge in [-0.3, -0.25) is 0 Å². The Kier molecular flexibility index (Phi) is 6.09. The first-order valence-corrected chi connectivity index (χ1v) is 10.1. The van der Waals surface area contributed by atoms with Crippen molar-refractivity contribution in [3.8, 4) is 5.95 Å². The van der Waals surface area contributed by atoms with Gasteiger partial charge in [0.15, 0.2) is 0 Å². The van der Waals surface area contributed by atoms with Gasteiger partial charge >= 0.3 is 0 Å². The summed E-state index contributed by atoms with van der Waals surface area (Å²) in [4.78, 5) is 13.4. The molecular weight excluding hydrogens is 431 g/mol. The Morgan fingerprint density at radius 3 is 2.31 bits per heavy atom. The number of hydrazone groups is 1. The van der Waals surface area contributed by atoms with E-state index in [-0.39, 0.29) is 11.8 Å². The van der Waals surface area contributed by atoms with Crippen LogP contribution in [0, 0.1) is 19.7 Å². The van der Waals surface area contributed by atoms with Gasteiger partial charge in [0.2, 0.25) is 11.9 Å². The third-order valence-electron chi connectivity index (χ3n) is 4.51. The number of aryl methyl sites for hydroxylation is 2. The quantitative estimate of drug-likeness (QED) is 0.315. The minimum Gasteiger partial charge on any atom is -0.324 e. The van der Waals surface area contributed by atoms with E-state index in [9.17, 15) is 4.39 Å². The summed E-state index contributed by atoms with van der Waals surface area (Å²) in [5, 5.41) is 12.6. The van der Waals surface area contributed by atoms with Gasteiger partial charge in [-0.05, 0) is 68.8 Å². The van der Waals surface area contributed by atoms with Gasteiger partial charge in [-0.25, -0.2) is 14.5 Å². The highest BCUT2D eigenvalue weighted by atomic mass is 35.5. The molecule has 0 aliphatic carbocycles. The van der Waals surface area contributed by atoms with Crippen LogP contribution in [0.1, 0.15) is 23.9 Å². The van der Waals surface area contributed by atoms with Crippen LogP contribution in [0.5, 0.6) is 0 Å². The molecule has 2 heterocycles. The summed E-state index contributed by atoms with van der Waals surface area (Å²) in [5.74, 6) is 0.557. The van der Waals surface area contributed by atoms with Crippen LogP contribution in [0.15, 0.2) is 59.7 Å². The Labute approximate surface area is 189 Å². The minimum absolute atomic E-state index is 0.223. The Morgan fingerprint density at radius 2 is 1.66 bits per heavy atom. The van der Waals surface area contributed by atoms with Crippen LogP contribution in [-0.2, 0) is 0 Å². The first-order valence-electron chi connectivity index (χ1n) is 9.76. The van der Waals surface area contributed by atoms with E-state index in [1.54, 1.807) is 35.9 Å². The molecule has 0 saturated heterocycles. The molecule has 0 radical (unpaired) electrons. The number of rotatable bonds is 6. The lowest BCUT2D eigenvalue weighted by Gasteiger charge is -2.10. The number of anilines is 3. The molecule has 4 rings (SSSR count). The number of aromatic nitrogens is 5. The molecular formula is C22H20ClFN8. The summed E-state index contributed by atoms with van der Waals surface area (Å²) in [6.07, 6.45) is 0. The molecule has 162 valence electrons. The topological polar surface area (TPSA) is 92.9 Å². The van der Waals surface area contributed by atoms with E-state index in [2.05, 4.69) is 35.9 Å². The summed E-state index contributed by atoms with van der Waals surface area (Å²) < 4.78 is 14.8. The SMILES string of the molecule is C/C(=N\Nc1nc(Nc2ccc(Cl)cc2)nc(-n2nc(C)cc2C)n1)c1ccc(F)cc1. The van der Waals surface area contributed by atoms with Crippen molar-refractivity contribution < 1.29 is 4.39 Å². The first kappa shape index (κ1) is 21.4. The highest BCUT2D eigenvalue weighted by Gasteiger charge is 2.12. The van der Waals surface area contributed by atoms with Crippen molar-refractivity contribution in [2.75, 3.05) is 10.7 Å². The normalized spacial score (nSPS) is 11.5. The van der Waals surface area contributed by atoms with Crippen molar-refractivity contribution in [3.05, 3.63) is 82.4 Å². The van der Waals surface area contributed by atoms with E-state index in [1.165, 1.54) is 12.1 Å². The summed E-state index contributed by atoms with van der Waals surface area (Å²) in [5.41, 5.74) is 6.75. The first-order chi connectivity index (χ1) is 15.4. The predicted octanol–water partition coefficient (Wildman–Crippen LogP) is 5.05. The Bertz CT molecular complexity index is 1270. The lowest BCUT2D eigenvalue weighted by atomic mass is 10.1. The van der Waals surface area contributed by atoms with Crippen molar-refractivity contribution in [2.24, 2.45) is 5.10 Å². The van der Waals surface area contributed by atoms with E-state index in [0.29, 0.717) is 22.6 Å². The Morgan fingerprint density at radius 1 is 0.969 bits per heavy atom. The fourth-order valence-electron chi connectivity index (χ4n) is 2.95. The Balaban J connectivity index is 1.67. The molecule has 0 unspecified atom stereocenters. The average Bonchev–Trinajstić information content (AvgIpc) is 3.12. The zero-order valence-electron chi connectivity index (χ0n) is 17.6. The van der Waals surface area contributed by atoms with Crippen LogP contribution < -0.4 is 10.7 Å². The van der Waals surface area contributed by atoms with Crippen molar-refractivity contribution in [1.82, 2.24) is 24.7 Å². The smallest absolute Gasteiger partial charge is 0.257 e. The van der Waals surface area contributed by atoms with E-state index >= 15 is 0 Å². The van der Waals surface area contributed by atoms with Crippen molar-refractivity contribution in [2.45, 2.75) is 20.8 Å². The molecule has 0 atom stereocenters. The molecule has 0 fully saturated rings. The lowest BCUT2D eigenvalue weighted by molar-refractivity contribution is 0.628. The molecule has 2 N–H and O–H groups in total. The van der Waals surface area contributed by atoms with Gasteiger partial charge in [0.05, 0.1) is 11.4 Å². The maximum atomic E-state index is 13.2. The third-order valence-corrected chi connectivity index (χ3v) is 4.76. The Hall–Kier alpha value is -3.85. The van der Waals surface area contributed by atoms with E-state index in [1.807, 2.05) is 32.0 Å². The number of nitrogens with zero attached hydrogens (tertiary/aromatic N) is 6. The van der Waals surface area contributed by atoms with Crippen LogP contribution in [0.4, 0.5) is 22.0 Å². The van der Waals surface area contributed by atoms with Crippen LogP contribution in [0.3, 0.4) is 0 Å². The highest BCUT2D eigenvalue weighted by molar-refractivity contribution is 6.30. The maximum Gasteiger partial charge on any atom is 0.257 e. The molecule has 0 spiro atoms. The van der Waals surface area contributed by atoms with Crippen LogP contribution in [0.25, 0.3) is 5.95 Å². The second-order valence-corrected chi connectivity index (χ2v) is 7.51. The van der Waals surface area contributed by atoms with E-state index in [0.717, 1.165) is 22.6 Å². The molecule has 2 aromatic heterocycles. The number of hydrogen-bond acceptors (Lipinski definition) is 7. The molecule has 0 amide bonds. The molecule has 0 saturated carbocycles. The molecule has 4 aromatic rings. The van der Waals surface area contributed by atoms with Gasteiger partial charge in [0.1, 0.15) is 5.82 Å². The molecule has 2 aromatic carbocycles. The van der Waals surface area contributed by atoms with Crippen molar-refractivity contribution in [1.29, 1.82) is 0 Å². The number of benzene rings is 2. The fraction of sp³-hybridized carbons (Fsp3) is 0.136. The summed E-state index contributed by atoms with van der Waals surface area (Å²) in [6.45, 7) is 5.61. The van der Waals surface area contributed by atoms with Gasteiger partial charge in [-0.15, -0.1) is 0 Å². The van der Waals surface area contributed by atoms with Crippen LogP contribution in [0.2, 0.25) is 5.02 Å². The molecule has 32 heavy (non-hydrogen) atoms. The van der Waals surface area contributed by atoms with Crippen LogP contribution in [-0.4, -0.2) is 30.4 Å². The third kappa shape index (κ3) is 5.06. The van der Waals surface area contributed by atoms with E-state index in [4.69, 9.17) is 11.6 Å². The standard InChI is InChI=1S/C22H20ClFN8/c1-13-12-14(2)32(31-13)22-27-20(25-19-10-6-17(23)7-11-19)26-21(28-22)30-29-15(3)16-4-8-18(24)9-5-16/h4-12H,1-3H3,(H2,25,26,27,28,30)/b29-15+. The van der Waals surface area contributed by atoms with Gasteiger partial charge < -0.3 is 5.32 Å². The number of halogens is 2. The summed E-state index contributed by atoms with van der Waals surface area (Å²) in [6, 6.07) is 15.2. The average molecular weight is 451 g/mol. The second kappa shape index (κ2) is 9.11. The van der Waals surface area contributed by atoms with Crippen molar-refractivity contribution >= 4 is 34.9 Å². The predicted molar refractivity (Wildman–Crippen MR) is 123 cm³/mol. The highest BCUT2D eigenvalue weighted by Crippen LogP contribution is 2.19. The summed E-state index contributed by atoms with van der Waals surface area (Å²) in [7, 11) is 0. The molecule has 0 aliphatic heterocycles. The number of hydrogen-bond donors (Lipinski definition) is 2. The van der Waals surface area contributed by atoms with Crippen molar-refractivity contribution in [3.63, 3.8) is 0 Å². The van der Waals surface area contributed by atoms with E-state index < -0.39 is 0 Å². The fourth-order valence-corrected chi connectivity index (χ4v) is 3.07. The van der Waals surface area contributed by atoms with Gasteiger partial charge in [0.25, 0.3) is 5.95 Å². The molecule has 0 bridgehead atoms. The lowest BCUT2D eigenvalue weighted by Crippen LogP contribution is -2.12. The zero-order valence-corrected chi connectivity index (χ0v) is 18.4. The zero-order chi connectivity index (χ0) is 22.7. The minimum atomic E-state index is -0.306. The molecule has 8 nitrogen and oxygen atoms in total. The summed E-state index contributed by atoms with van der Waals surface area (Å²) >= 11 is 5.97. The largest absolute Gasteiger partial charge is 0.324 e. The number of nitrogens with one attached hydrogen (secondary N) is 2. The van der Waals surface area contributed by atoms with Crippen LogP contribution >= 0.6 is 11.6 Å². The second-order valence-electron chi connectivity index (χ2n) is 7.07. The molecule has 0 aliphatic rings.